The molecule has 9 aromatic rings. The van der Waals surface area contributed by atoms with Crippen molar-refractivity contribution in [2.75, 3.05) is 4.90 Å². The van der Waals surface area contributed by atoms with E-state index in [0.717, 1.165) is 22.7 Å². The predicted octanol–water partition coefficient (Wildman–Crippen LogP) is 14.2. The van der Waals surface area contributed by atoms with Crippen molar-refractivity contribution in [3.8, 4) is 22.8 Å². The minimum absolute atomic E-state index is 0.0244. The highest BCUT2D eigenvalue weighted by Crippen LogP contribution is 2.46. The summed E-state index contributed by atoms with van der Waals surface area (Å²) in [6.45, 7) is 32.5. The SMILES string of the molecule is Cc1cc(C(C)(C)C)cc(C)c1-c1nc2cc(C(C)(C)C)cc3c2n1-c1cc(C(C)(C)C)cc2c1B3c1ccc(-n3c4ccccc4c4ccccc43)cc1N2c1ccc(C(C)(C)C)cc1. The third-order valence-electron chi connectivity index (χ3n) is 14.7. The third-order valence-corrected chi connectivity index (χ3v) is 14.7. The number of nitrogens with zero attached hydrogens (tertiary/aromatic N) is 4. The number of imidazole rings is 1. The minimum Gasteiger partial charge on any atom is -0.311 e. The molecule has 2 aliphatic rings. The van der Waals surface area contributed by atoms with E-state index >= 15 is 0 Å². The quantitative estimate of drug-likeness (QED) is 0.165. The van der Waals surface area contributed by atoms with Gasteiger partial charge in [-0.25, -0.2) is 4.98 Å². The first kappa shape index (κ1) is 42.3. The van der Waals surface area contributed by atoms with Crippen molar-refractivity contribution in [2.24, 2.45) is 0 Å². The fraction of sp³-hybridized carbons (Fsp3) is 0.295. The zero-order chi connectivity index (χ0) is 46.6. The van der Waals surface area contributed by atoms with Crippen molar-refractivity contribution in [3.05, 3.63) is 161 Å². The van der Waals surface area contributed by atoms with Gasteiger partial charge in [-0.15, -0.1) is 0 Å². The molecule has 0 atom stereocenters. The average Bonchev–Trinajstić information content (AvgIpc) is 3.79. The molecule has 0 bridgehead atoms. The molecule has 4 nitrogen and oxygen atoms in total. The summed E-state index contributed by atoms with van der Waals surface area (Å²) in [5.41, 5.74) is 23.5. The Balaban J connectivity index is 1.28. The van der Waals surface area contributed by atoms with Gasteiger partial charge < -0.3 is 9.47 Å². The molecule has 0 aliphatic carbocycles. The number of aromatic nitrogens is 3. The summed E-state index contributed by atoms with van der Waals surface area (Å²) >= 11 is 0. The van der Waals surface area contributed by atoms with E-state index in [1.54, 1.807) is 0 Å². The van der Waals surface area contributed by atoms with Crippen molar-refractivity contribution < 1.29 is 0 Å². The summed E-state index contributed by atoms with van der Waals surface area (Å²) in [5, 5.41) is 2.53. The monoisotopic (exact) mass is 863 g/mol. The number of hydrogen-bond acceptors (Lipinski definition) is 2. The molecule has 0 saturated carbocycles. The van der Waals surface area contributed by atoms with Crippen LogP contribution in [0.1, 0.15) is 116 Å². The van der Waals surface area contributed by atoms with E-state index in [0.29, 0.717) is 0 Å². The van der Waals surface area contributed by atoms with Gasteiger partial charge in [-0.2, -0.15) is 0 Å². The largest absolute Gasteiger partial charge is 0.311 e. The van der Waals surface area contributed by atoms with Crippen LogP contribution in [0.3, 0.4) is 0 Å². The molecule has 5 heteroatoms. The van der Waals surface area contributed by atoms with Gasteiger partial charge in [-0.05, 0) is 140 Å². The smallest absolute Gasteiger partial charge is 0.252 e. The number of para-hydroxylation sites is 2. The molecule has 0 fully saturated rings. The van der Waals surface area contributed by atoms with E-state index in [4.69, 9.17) is 4.98 Å². The van der Waals surface area contributed by atoms with Gasteiger partial charge in [0.05, 0.1) is 22.1 Å². The number of rotatable bonds is 3. The Hall–Kier alpha value is -6.33. The highest BCUT2D eigenvalue weighted by atomic mass is 15.2. The molecule has 11 rings (SSSR count). The molecule has 0 radical (unpaired) electrons. The summed E-state index contributed by atoms with van der Waals surface area (Å²) in [4.78, 5) is 8.36. The van der Waals surface area contributed by atoms with E-state index in [-0.39, 0.29) is 28.4 Å². The van der Waals surface area contributed by atoms with Crippen LogP contribution in [0.15, 0.2) is 127 Å². The fourth-order valence-electron chi connectivity index (χ4n) is 11.1. The lowest BCUT2D eigenvalue weighted by Gasteiger charge is -2.42. The van der Waals surface area contributed by atoms with Crippen LogP contribution in [0.25, 0.3) is 55.6 Å². The topological polar surface area (TPSA) is 26.0 Å². The first-order valence-corrected chi connectivity index (χ1v) is 24.0. The maximum absolute atomic E-state index is 5.77. The molecule has 0 amide bonds. The summed E-state index contributed by atoms with van der Waals surface area (Å²) in [6, 6.07) is 49.1. The Morgan fingerprint density at radius 1 is 0.439 bits per heavy atom. The second-order valence-electron chi connectivity index (χ2n) is 23.5. The second-order valence-corrected chi connectivity index (χ2v) is 23.5. The fourth-order valence-corrected chi connectivity index (χ4v) is 11.1. The normalized spacial score (nSPS) is 13.8. The van der Waals surface area contributed by atoms with Gasteiger partial charge >= 0.3 is 0 Å². The summed E-state index contributed by atoms with van der Waals surface area (Å²) < 4.78 is 5.03. The second kappa shape index (κ2) is 14.1. The highest BCUT2D eigenvalue weighted by Gasteiger charge is 2.44. The van der Waals surface area contributed by atoms with Crippen LogP contribution in [0.2, 0.25) is 0 Å². The lowest BCUT2D eigenvalue weighted by atomic mass is 9.33. The van der Waals surface area contributed by atoms with Crippen LogP contribution < -0.4 is 21.3 Å². The van der Waals surface area contributed by atoms with Gasteiger partial charge in [0.1, 0.15) is 5.82 Å². The van der Waals surface area contributed by atoms with Crippen LogP contribution >= 0.6 is 0 Å². The number of fused-ring (bicyclic) bond motifs is 7. The van der Waals surface area contributed by atoms with E-state index in [1.807, 2.05) is 0 Å². The maximum Gasteiger partial charge on any atom is 0.252 e. The molecular weight excluding hydrogens is 800 g/mol. The van der Waals surface area contributed by atoms with Gasteiger partial charge in [0.15, 0.2) is 0 Å². The van der Waals surface area contributed by atoms with Crippen LogP contribution in [-0.4, -0.2) is 20.8 Å². The van der Waals surface area contributed by atoms with Crippen LogP contribution in [0.5, 0.6) is 0 Å². The van der Waals surface area contributed by atoms with E-state index in [1.165, 1.54) is 99.7 Å². The molecule has 4 heterocycles. The van der Waals surface area contributed by atoms with Crippen molar-refractivity contribution in [2.45, 2.75) is 119 Å². The van der Waals surface area contributed by atoms with Gasteiger partial charge in [0.2, 0.25) is 0 Å². The average molecular weight is 863 g/mol. The maximum atomic E-state index is 5.77. The summed E-state index contributed by atoms with van der Waals surface area (Å²) in [6.07, 6.45) is 0. The van der Waals surface area contributed by atoms with Crippen molar-refractivity contribution in [1.82, 2.24) is 14.1 Å². The van der Waals surface area contributed by atoms with Crippen molar-refractivity contribution in [1.29, 1.82) is 0 Å². The number of hydrogen-bond donors (Lipinski definition) is 0. The zero-order valence-corrected chi connectivity index (χ0v) is 41.5. The molecule has 0 spiro atoms. The molecular formula is C61H63BN4. The lowest BCUT2D eigenvalue weighted by molar-refractivity contribution is 0.589. The van der Waals surface area contributed by atoms with E-state index < -0.39 is 0 Å². The van der Waals surface area contributed by atoms with E-state index in [9.17, 15) is 0 Å². The van der Waals surface area contributed by atoms with Gasteiger partial charge in [-0.1, -0.05) is 156 Å². The molecule has 330 valence electrons. The van der Waals surface area contributed by atoms with Gasteiger partial charge in [-0.3, -0.25) is 4.57 Å². The van der Waals surface area contributed by atoms with Gasteiger partial charge in [0.25, 0.3) is 6.71 Å². The Kier molecular flexibility index (Phi) is 9.04. The van der Waals surface area contributed by atoms with Crippen molar-refractivity contribution >= 4 is 73.0 Å². The van der Waals surface area contributed by atoms with Crippen LogP contribution in [0, 0.1) is 13.8 Å². The summed E-state index contributed by atoms with van der Waals surface area (Å²) in [7, 11) is 0. The Bertz CT molecular complexity index is 3400. The molecule has 0 saturated heterocycles. The first-order chi connectivity index (χ1) is 31.1. The molecule has 2 aliphatic heterocycles. The van der Waals surface area contributed by atoms with Crippen LogP contribution in [0.4, 0.5) is 17.1 Å². The number of aryl methyl sites for hydroxylation is 2. The highest BCUT2D eigenvalue weighted by molar-refractivity contribution is 7.00. The molecule has 7 aromatic carbocycles. The zero-order valence-electron chi connectivity index (χ0n) is 41.5. The summed E-state index contributed by atoms with van der Waals surface area (Å²) in [5.74, 6) is 1.02. The Morgan fingerprint density at radius 3 is 1.53 bits per heavy atom. The lowest BCUT2D eigenvalue weighted by Crippen LogP contribution is -2.60. The number of anilines is 3. The van der Waals surface area contributed by atoms with Crippen LogP contribution in [-0.2, 0) is 21.7 Å². The first-order valence-electron chi connectivity index (χ1n) is 24.0. The standard InChI is InChI=1S/C61H63BN4/c1-36-29-39(59(6,7)8)30-37(2)54(36)57-63-48-32-40(60(9,10)11)31-47-56(48)66(57)53-34-41(61(12,13)14)33-52-55(53)62(47)46-28-27-43(35-51(46)64(52)42-25-23-38(24-26-42)58(3,4)5)65-49-21-17-15-19-44(49)45-20-16-18-22-50(45)65/h15-35H,1-14H3. The molecule has 0 unspecified atom stereocenters. The third kappa shape index (κ3) is 6.36. The number of benzene rings is 7. The minimum atomic E-state index is -0.135. The molecule has 66 heavy (non-hydrogen) atoms. The Labute approximate surface area is 392 Å². The molecule has 2 aromatic heterocycles. The van der Waals surface area contributed by atoms with Crippen molar-refractivity contribution in [3.63, 3.8) is 0 Å². The Morgan fingerprint density at radius 2 is 0.955 bits per heavy atom. The van der Waals surface area contributed by atoms with E-state index in [2.05, 4.69) is 238 Å². The molecule has 0 N–H and O–H groups in total. The van der Waals surface area contributed by atoms with Gasteiger partial charge in [0, 0.05) is 44.8 Å². The predicted molar refractivity (Wildman–Crippen MR) is 284 cm³/mol.